The molecule has 4 heteroatoms. The minimum atomic E-state index is -0.907. The molecule has 5 atom stereocenters. The first-order valence-corrected chi connectivity index (χ1v) is 7.52. The van der Waals surface area contributed by atoms with E-state index in [0.29, 0.717) is 18.3 Å². The summed E-state index contributed by atoms with van der Waals surface area (Å²) in [7, 11) is 0. The molecule has 2 bridgehead atoms. The molecule has 3 fully saturated rings. The number of fused-ring (bicyclic) bond motifs is 5. The van der Waals surface area contributed by atoms with Crippen LogP contribution in [0.5, 0.6) is 0 Å². The number of carbonyl (C=O) groups is 2. The lowest BCUT2D eigenvalue weighted by Crippen LogP contribution is -2.43. The van der Waals surface area contributed by atoms with Gasteiger partial charge in [-0.05, 0) is 55.3 Å². The van der Waals surface area contributed by atoms with Crippen LogP contribution in [0.1, 0.15) is 39.5 Å². The number of hydrogen-bond acceptors (Lipinski definition) is 2. The summed E-state index contributed by atoms with van der Waals surface area (Å²) in [5.74, 6) is 2.14. The summed E-state index contributed by atoms with van der Waals surface area (Å²) in [6, 6.07) is -0.716. The molecule has 0 spiro atoms. The van der Waals surface area contributed by atoms with Gasteiger partial charge in [-0.3, -0.25) is 4.79 Å². The van der Waals surface area contributed by atoms with Gasteiger partial charge in [-0.1, -0.05) is 13.8 Å². The first-order valence-electron chi connectivity index (χ1n) is 7.52. The third kappa shape index (κ3) is 2.15. The van der Waals surface area contributed by atoms with Crippen LogP contribution in [0.15, 0.2) is 0 Å². The first-order chi connectivity index (χ1) is 8.99. The molecule has 3 rings (SSSR count). The van der Waals surface area contributed by atoms with Gasteiger partial charge in [0.1, 0.15) is 6.04 Å². The van der Waals surface area contributed by atoms with Crippen molar-refractivity contribution in [2.45, 2.75) is 45.6 Å². The van der Waals surface area contributed by atoms with E-state index >= 15 is 0 Å². The van der Waals surface area contributed by atoms with E-state index in [1.807, 2.05) is 13.8 Å². The van der Waals surface area contributed by atoms with Crippen molar-refractivity contribution in [1.29, 1.82) is 0 Å². The zero-order valence-corrected chi connectivity index (χ0v) is 11.6. The van der Waals surface area contributed by atoms with Gasteiger partial charge in [0.15, 0.2) is 0 Å². The van der Waals surface area contributed by atoms with Crippen LogP contribution in [0.25, 0.3) is 0 Å². The summed E-state index contributed by atoms with van der Waals surface area (Å²) in [5.41, 5.74) is 0. The summed E-state index contributed by atoms with van der Waals surface area (Å²) in [6.45, 7) is 3.96. The Balaban J connectivity index is 1.58. The third-order valence-electron chi connectivity index (χ3n) is 5.36. The largest absolute Gasteiger partial charge is 0.480 e. The first kappa shape index (κ1) is 12.9. The standard InChI is InChI=1S/C15H23NO3/c1-7(2)5-10(15(18)19)16-14(17)13-11-8-3-4-9(6-8)12(11)13/h7-13H,3-6H2,1-2H3,(H,16,17)(H,18,19)/t8?,9?,10-,11?,12?,13?/m1/s1. The number of carboxylic acid groups (broad SMARTS) is 1. The molecule has 4 nitrogen and oxygen atoms in total. The van der Waals surface area contributed by atoms with Crippen LogP contribution < -0.4 is 5.32 Å². The highest BCUT2D eigenvalue weighted by molar-refractivity contribution is 5.87. The van der Waals surface area contributed by atoms with Gasteiger partial charge < -0.3 is 10.4 Å². The van der Waals surface area contributed by atoms with E-state index in [1.165, 1.54) is 19.3 Å². The van der Waals surface area contributed by atoms with Gasteiger partial charge in [-0.2, -0.15) is 0 Å². The van der Waals surface area contributed by atoms with Crippen LogP contribution in [0, 0.1) is 35.5 Å². The Morgan fingerprint density at radius 3 is 2.26 bits per heavy atom. The molecule has 0 heterocycles. The van der Waals surface area contributed by atoms with Crippen molar-refractivity contribution in [3.05, 3.63) is 0 Å². The molecule has 3 aliphatic carbocycles. The second-order valence-electron chi connectivity index (χ2n) is 7.04. The van der Waals surface area contributed by atoms with Gasteiger partial charge >= 0.3 is 5.97 Å². The van der Waals surface area contributed by atoms with Crippen LogP contribution in [-0.4, -0.2) is 23.0 Å². The van der Waals surface area contributed by atoms with E-state index in [9.17, 15) is 14.7 Å². The van der Waals surface area contributed by atoms with Crippen molar-refractivity contribution in [3.63, 3.8) is 0 Å². The average Bonchev–Trinajstić information content (AvgIpc) is 2.77. The fourth-order valence-corrected chi connectivity index (χ4v) is 4.64. The molecule has 19 heavy (non-hydrogen) atoms. The third-order valence-corrected chi connectivity index (χ3v) is 5.36. The molecule has 0 aromatic rings. The van der Waals surface area contributed by atoms with E-state index in [0.717, 1.165) is 11.8 Å². The Morgan fingerprint density at radius 1 is 1.21 bits per heavy atom. The Morgan fingerprint density at radius 2 is 1.79 bits per heavy atom. The van der Waals surface area contributed by atoms with Crippen LogP contribution in [-0.2, 0) is 9.59 Å². The molecule has 106 valence electrons. The topological polar surface area (TPSA) is 66.4 Å². The van der Waals surface area contributed by atoms with Crippen molar-refractivity contribution < 1.29 is 14.7 Å². The maximum atomic E-state index is 12.3. The summed E-state index contributed by atoms with van der Waals surface area (Å²) >= 11 is 0. The predicted molar refractivity (Wildman–Crippen MR) is 70.3 cm³/mol. The molecule has 3 aliphatic rings. The second-order valence-corrected chi connectivity index (χ2v) is 7.04. The molecule has 1 amide bonds. The number of carbonyl (C=O) groups excluding carboxylic acids is 1. The van der Waals surface area contributed by atoms with Crippen molar-refractivity contribution in [2.75, 3.05) is 0 Å². The Hall–Kier alpha value is -1.06. The molecule has 3 saturated carbocycles. The van der Waals surface area contributed by atoms with Crippen molar-refractivity contribution in [1.82, 2.24) is 5.32 Å². The average molecular weight is 265 g/mol. The normalized spacial score (nSPS) is 40.1. The summed E-state index contributed by atoms with van der Waals surface area (Å²) in [5, 5.41) is 11.9. The highest BCUT2D eigenvalue weighted by atomic mass is 16.4. The van der Waals surface area contributed by atoms with Gasteiger partial charge in [0.2, 0.25) is 5.91 Å². The number of aliphatic carboxylic acids is 1. The van der Waals surface area contributed by atoms with E-state index in [1.54, 1.807) is 0 Å². The van der Waals surface area contributed by atoms with Gasteiger partial charge in [0.25, 0.3) is 0 Å². The molecule has 0 aromatic carbocycles. The Kier molecular flexibility index (Phi) is 3.06. The number of nitrogens with one attached hydrogen (secondary N) is 1. The highest BCUT2D eigenvalue weighted by Gasteiger charge is 2.67. The van der Waals surface area contributed by atoms with Gasteiger partial charge in [0, 0.05) is 5.92 Å². The monoisotopic (exact) mass is 265 g/mol. The molecular formula is C15H23NO3. The smallest absolute Gasteiger partial charge is 0.326 e. The van der Waals surface area contributed by atoms with Crippen molar-refractivity contribution in [2.24, 2.45) is 35.5 Å². The lowest BCUT2D eigenvalue weighted by atomic mass is 10.0. The molecule has 0 aromatic heterocycles. The van der Waals surface area contributed by atoms with Crippen LogP contribution in [0.3, 0.4) is 0 Å². The van der Waals surface area contributed by atoms with E-state index in [4.69, 9.17) is 0 Å². The lowest BCUT2D eigenvalue weighted by Gasteiger charge is -2.17. The fraction of sp³-hybridized carbons (Fsp3) is 0.867. The number of amides is 1. The fourth-order valence-electron chi connectivity index (χ4n) is 4.64. The van der Waals surface area contributed by atoms with E-state index < -0.39 is 12.0 Å². The SMILES string of the molecule is CC(C)C[C@@H](NC(=O)C1C2C3CCC(C3)C12)C(=O)O. The lowest BCUT2D eigenvalue weighted by molar-refractivity contribution is -0.142. The van der Waals surface area contributed by atoms with Crippen LogP contribution in [0.4, 0.5) is 0 Å². The van der Waals surface area contributed by atoms with Crippen LogP contribution in [0.2, 0.25) is 0 Å². The number of carboxylic acids is 1. The molecule has 2 N–H and O–H groups in total. The van der Waals surface area contributed by atoms with Gasteiger partial charge in [-0.25, -0.2) is 4.79 Å². The zero-order valence-electron chi connectivity index (χ0n) is 11.6. The maximum absolute atomic E-state index is 12.3. The summed E-state index contributed by atoms with van der Waals surface area (Å²) < 4.78 is 0. The van der Waals surface area contributed by atoms with Gasteiger partial charge in [-0.15, -0.1) is 0 Å². The summed E-state index contributed by atoms with van der Waals surface area (Å²) in [4.78, 5) is 23.4. The van der Waals surface area contributed by atoms with E-state index in [-0.39, 0.29) is 17.7 Å². The van der Waals surface area contributed by atoms with Gasteiger partial charge in [0.05, 0.1) is 0 Å². The van der Waals surface area contributed by atoms with Crippen molar-refractivity contribution in [3.8, 4) is 0 Å². The highest BCUT2D eigenvalue weighted by Crippen LogP contribution is 2.69. The summed E-state index contributed by atoms with van der Waals surface area (Å²) in [6.07, 6.45) is 4.39. The number of rotatable bonds is 5. The zero-order chi connectivity index (χ0) is 13.7. The Labute approximate surface area is 113 Å². The van der Waals surface area contributed by atoms with E-state index in [2.05, 4.69) is 5.32 Å². The second kappa shape index (κ2) is 4.50. The maximum Gasteiger partial charge on any atom is 0.326 e. The minimum absolute atomic E-state index is 0.000324. The van der Waals surface area contributed by atoms with Crippen LogP contribution >= 0.6 is 0 Å². The molecule has 0 aliphatic heterocycles. The number of hydrogen-bond donors (Lipinski definition) is 2. The molecule has 0 radical (unpaired) electrons. The molecular weight excluding hydrogens is 242 g/mol. The van der Waals surface area contributed by atoms with Crippen molar-refractivity contribution >= 4 is 11.9 Å². The Bertz CT molecular complexity index is 390. The molecule has 0 saturated heterocycles. The quantitative estimate of drug-likeness (QED) is 0.797. The minimum Gasteiger partial charge on any atom is -0.480 e. The predicted octanol–water partition coefficient (Wildman–Crippen LogP) is 1.89. The molecule has 4 unspecified atom stereocenters.